The van der Waals surface area contributed by atoms with Gasteiger partial charge in [0.2, 0.25) is 0 Å². The fourth-order valence-electron chi connectivity index (χ4n) is 2.02. The molecule has 0 saturated heterocycles. The Morgan fingerprint density at radius 3 is 1.63 bits per heavy atom. The zero-order valence-electron chi connectivity index (χ0n) is 16.7. The number of nitrogens with one attached hydrogen (secondary N) is 2. The van der Waals surface area contributed by atoms with Crippen molar-refractivity contribution in [3.63, 3.8) is 0 Å². The average molecular weight is 466 g/mol. The number of hydrogen-bond acceptors (Lipinski definition) is 6. The van der Waals surface area contributed by atoms with E-state index >= 15 is 0 Å². The molecule has 0 rings (SSSR count). The van der Waals surface area contributed by atoms with E-state index in [0.717, 1.165) is 64.8 Å². The van der Waals surface area contributed by atoms with Crippen LogP contribution in [0.4, 0.5) is 0 Å². The van der Waals surface area contributed by atoms with Gasteiger partial charge in [0.1, 0.15) is 13.2 Å². The van der Waals surface area contributed by atoms with Gasteiger partial charge in [-0.1, -0.05) is 26.7 Å². The van der Waals surface area contributed by atoms with Crippen LogP contribution in [0, 0.1) is 0 Å². The highest BCUT2D eigenvalue weighted by Crippen LogP contribution is 1.94. The number of halogens is 2. The molecular weight excluding hydrogens is 427 g/mol. The summed E-state index contributed by atoms with van der Waals surface area (Å²) in [6, 6.07) is 0. The molecule has 0 aliphatic heterocycles. The summed E-state index contributed by atoms with van der Waals surface area (Å²) in [5.41, 5.74) is 5.62. The minimum atomic E-state index is 0. The lowest BCUT2D eigenvalue weighted by molar-refractivity contribution is 0.166. The van der Waals surface area contributed by atoms with E-state index in [2.05, 4.69) is 29.4 Å². The summed E-state index contributed by atoms with van der Waals surface area (Å²) < 4.78 is 11.1. The van der Waals surface area contributed by atoms with Gasteiger partial charge < -0.3 is 25.8 Å². The van der Waals surface area contributed by atoms with E-state index in [-0.39, 0.29) is 24.8 Å². The lowest BCUT2D eigenvalue weighted by Crippen LogP contribution is -2.36. The fraction of sp³-hybridized carbons (Fsp3) is 0.882. The molecule has 0 atom stereocenters. The monoisotopic (exact) mass is 464 g/mol. The van der Waals surface area contributed by atoms with E-state index in [1.165, 1.54) is 0 Å². The summed E-state index contributed by atoms with van der Waals surface area (Å²) >= 11 is 10.3. The van der Waals surface area contributed by atoms with Crippen molar-refractivity contribution in [3.8, 4) is 0 Å². The van der Waals surface area contributed by atoms with Gasteiger partial charge in [-0.15, -0.1) is 24.8 Å². The molecule has 0 aliphatic carbocycles. The second-order valence-corrected chi connectivity index (χ2v) is 6.56. The Bertz CT molecular complexity index is 329. The van der Waals surface area contributed by atoms with Crippen LogP contribution < -0.4 is 16.4 Å². The molecule has 0 aliphatic rings. The normalized spacial score (nSPS) is 9.78. The van der Waals surface area contributed by atoms with E-state index in [1.54, 1.807) is 0 Å². The number of unbranched alkanes of at least 4 members (excludes halogenated alkanes) is 2. The van der Waals surface area contributed by atoms with Crippen LogP contribution in [0.1, 0.15) is 46.0 Å². The highest BCUT2D eigenvalue weighted by atomic mass is 35.5. The molecule has 27 heavy (non-hydrogen) atoms. The maximum atomic E-state index is 5.62. The Morgan fingerprint density at radius 2 is 1.26 bits per heavy atom. The largest absolute Gasteiger partial charge is 0.470 e. The van der Waals surface area contributed by atoms with Crippen LogP contribution in [0.2, 0.25) is 0 Å². The van der Waals surface area contributed by atoms with Gasteiger partial charge in [-0.05, 0) is 56.8 Å². The Labute approximate surface area is 188 Å². The van der Waals surface area contributed by atoms with Crippen LogP contribution in [0.5, 0.6) is 0 Å². The molecule has 0 spiro atoms. The van der Waals surface area contributed by atoms with Crippen LogP contribution in [0.3, 0.4) is 0 Å². The van der Waals surface area contributed by atoms with E-state index in [0.29, 0.717) is 30.1 Å². The molecule has 0 saturated carbocycles. The Morgan fingerprint density at radius 1 is 0.815 bits per heavy atom. The summed E-state index contributed by atoms with van der Waals surface area (Å²) in [6.45, 7) is 10.3. The van der Waals surface area contributed by atoms with Crippen LogP contribution >= 0.6 is 49.2 Å². The van der Waals surface area contributed by atoms with Gasteiger partial charge in [0.05, 0.1) is 0 Å². The van der Waals surface area contributed by atoms with E-state index in [9.17, 15) is 0 Å². The Kier molecular flexibility index (Phi) is 28.0. The second kappa shape index (κ2) is 23.9. The lowest BCUT2D eigenvalue weighted by Gasteiger charge is -2.22. The Balaban J connectivity index is -0.00000288. The molecule has 10 heteroatoms. The van der Waals surface area contributed by atoms with Crippen LogP contribution in [0.25, 0.3) is 0 Å². The van der Waals surface area contributed by atoms with Crippen LogP contribution in [0.15, 0.2) is 0 Å². The molecule has 0 radical (unpaired) electrons. The third-order valence-electron chi connectivity index (χ3n) is 3.56. The molecule has 0 amide bonds. The fourth-order valence-corrected chi connectivity index (χ4v) is 2.39. The van der Waals surface area contributed by atoms with Gasteiger partial charge in [0.25, 0.3) is 10.3 Å². The number of nitrogens with two attached hydrogens (primary N) is 1. The summed E-state index contributed by atoms with van der Waals surface area (Å²) in [5, 5.41) is 7.16. The molecular formula is C17H38Cl2N4O2S2. The van der Waals surface area contributed by atoms with Crippen LogP contribution in [-0.4, -0.2) is 67.7 Å². The van der Waals surface area contributed by atoms with Crippen molar-refractivity contribution in [1.82, 2.24) is 15.5 Å². The summed E-state index contributed by atoms with van der Waals surface area (Å²) in [6.07, 6.45) is 5.40. The van der Waals surface area contributed by atoms with Gasteiger partial charge in [-0.25, -0.2) is 0 Å². The highest BCUT2D eigenvalue weighted by molar-refractivity contribution is 7.80. The number of thiocarbonyl (C=S) groups is 2. The standard InChI is InChI=1S/C17H36N4O2S2.2ClH/c1-3-5-9-19-16(24)22-14-12-21(11-7-8-18)13-15-23-17(25)20-10-6-4-2;;/h3-15,18H2,1-2H3,(H,19,24)(H,20,25);2*1H. The smallest absolute Gasteiger partial charge is 0.256 e. The topological polar surface area (TPSA) is 71.8 Å². The molecule has 4 N–H and O–H groups in total. The van der Waals surface area contributed by atoms with Gasteiger partial charge in [-0.3, -0.25) is 4.90 Å². The molecule has 6 nitrogen and oxygen atoms in total. The van der Waals surface area contributed by atoms with E-state index in [1.807, 2.05) is 0 Å². The maximum absolute atomic E-state index is 5.62. The van der Waals surface area contributed by atoms with Gasteiger partial charge in [-0.2, -0.15) is 0 Å². The predicted octanol–water partition coefficient (Wildman–Crippen LogP) is 2.86. The van der Waals surface area contributed by atoms with Crippen LogP contribution in [-0.2, 0) is 9.47 Å². The molecule has 0 unspecified atom stereocenters. The lowest BCUT2D eigenvalue weighted by atomic mass is 10.3. The van der Waals surface area contributed by atoms with Crippen molar-refractivity contribution in [2.24, 2.45) is 5.73 Å². The van der Waals surface area contributed by atoms with E-state index in [4.69, 9.17) is 39.6 Å². The molecule has 164 valence electrons. The highest BCUT2D eigenvalue weighted by Gasteiger charge is 2.07. The maximum Gasteiger partial charge on any atom is 0.256 e. The molecule has 0 heterocycles. The first-order valence-corrected chi connectivity index (χ1v) is 10.2. The van der Waals surface area contributed by atoms with Crippen molar-refractivity contribution < 1.29 is 9.47 Å². The zero-order chi connectivity index (χ0) is 18.8. The predicted molar refractivity (Wildman–Crippen MR) is 128 cm³/mol. The number of ether oxygens (including phenoxy) is 2. The molecule has 0 aromatic heterocycles. The van der Waals surface area contributed by atoms with E-state index < -0.39 is 0 Å². The third-order valence-corrected chi connectivity index (χ3v) is 4.08. The number of nitrogens with zero attached hydrogens (tertiary/aromatic N) is 1. The minimum absolute atomic E-state index is 0. The van der Waals surface area contributed by atoms with Crippen molar-refractivity contribution in [3.05, 3.63) is 0 Å². The minimum Gasteiger partial charge on any atom is -0.470 e. The molecule has 0 aromatic carbocycles. The van der Waals surface area contributed by atoms with Gasteiger partial charge in [0.15, 0.2) is 0 Å². The SMILES string of the molecule is CCCCNC(=S)OCCN(CCCN)CCOC(=S)NCCCC.Cl.Cl. The summed E-state index contributed by atoms with van der Waals surface area (Å²) in [7, 11) is 0. The van der Waals surface area contributed by atoms with Crippen molar-refractivity contribution in [2.45, 2.75) is 46.0 Å². The Hall–Kier alpha value is -0.120. The first kappa shape index (κ1) is 31.6. The van der Waals surface area contributed by atoms with Gasteiger partial charge >= 0.3 is 0 Å². The first-order valence-electron chi connectivity index (χ1n) is 9.37. The van der Waals surface area contributed by atoms with Crippen molar-refractivity contribution in [2.75, 3.05) is 52.5 Å². The molecule has 0 bridgehead atoms. The average Bonchev–Trinajstić information content (AvgIpc) is 2.59. The van der Waals surface area contributed by atoms with Gasteiger partial charge in [0, 0.05) is 26.2 Å². The molecule has 0 fully saturated rings. The summed E-state index contributed by atoms with van der Waals surface area (Å²) in [5.74, 6) is 0. The zero-order valence-corrected chi connectivity index (χ0v) is 19.9. The van der Waals surface area contributed by atoms with Crippen molar-refractivity contribution in [1.29, 1.82) is 0 Å². The number of rotatable bonds is 15. The molecule has 0 aromatic rings. The number of hydrogen-bond donors (Lipinski definition) is 3. The first-order chi connectivity index (χ1) is 12.1. The quantitative estimate of drug-likeness (QED) is 0.252. The van der Waals surface area contributed by atoms with Crippen molar-refractivity contribution >= 4 is 59.6 Å². The summed E-state index contributed by atoms with van der Waals surface area (Å²) in [4.78, 5) is 2.26. The second-order valence-electron chi connectivity index (χ2n) is 5.82. The third kappa shape index (κ3) is 22.0.